The Balaban J connectivity index is 2.36. The average molecular weight is 329 g/mol. The second-order valence-corrected chi connectivity index (χ2v) is 7.49. The van der Waals surface area contributed by atoms with E-state index in [9.17, 15) is 12.8 Å². The van der Waals surface area contributed by atoms with E-state index in [4.69, 9.17) is 5.73 Å². The van der Waals surface area contributed by atoms with E-state index >= 15 is 0 Å². The predicted molar refractivity (Wildman–Crippen MR) is 82.6 cm³/mol. The second kappa shape index (κ2) is 5.61. The first-order chi connectivity index (χ1) is 9.70. The summed E-state index contributed by atoms with van der Waals surface area (Å²) >= 11 is 1.16. The first kappa shape index (κ1) is 15.7. The number of aryl methyl sites for hydroxylation is 1. The average Bonchev–Trinajstić information content (AvgIpc) is 2.81. The number of thiazole rings is 1. The van der Waals surface area contributed by atoms with Crippen molar-refractivity contribution in [3.8, 4) is 0 Å². The lowest BCUT2D eigenvalue weighted by Crippen LogP contribution is -2.15. The summed E-state index contributed by atoms with van der Waals surface area (Å²) in [5, 5.41) is 1.97. The molecule has 0 bridgehead atoms. The van der Waals surface area contributed by atoms with Gasteiger partial charge in [-0.1, -0.05) is 13.8 Å². The van der Waals surface area contributed by atoms with Gasteiger partial charge < -0.3 is 5.73 Å². The Morgan fingerprint density at radius 2 is 2.05 bits per heavy atom. The Morgan fingerprint density at radius 1 is 1.38 bits per heavy atom. The smallest absolute Gasteiger partial charge is 0.266 e. The molecule has 1 aromatic heterocycles. The molecule has 2 aromatic rings. The van der Waals surface area contributed by atoms with E-state index in [1.54, 1.807) is 12.3 Å². The predicted octanol–water partition coefficient (Wildman–Crippen LogP) is 3.10. The van der Waals surface area contributed by atoms with Crippen molar-refractivity contribution in [2.45, 2.75) is 31.6 Å². The zero-order chi connectivity index (χ0) is 15.8. The van der Waals surface area contributed by atoms with Gasteiger partial charge in [0.1, 0.15) is 10.7 Å². The third kappa shape index (κ3) is 3.33. The van der Waals surface area contributed by atoms with Crippen LogP contribution in [0.25, 0.3) is 0 Å². The van der Waals surface area contributed by atoms with Crippen LogP contribution in [-0.4, -0.2) is 13.4 Å². The fourth-order valence-electron chi connectivity index (χ4n) is 1.64. The van der Waals surface area contributed by atoms with Crippen molar-refractivity contribution in [1.29, 1.82) is 0 Å². The van der Waals surface area contributed by atoms with Crippen LogP contribution in [0.4, 0.5) is 15.2 Å². The minimum absolute atomic E-state index is 0.186. The molecule has 0 atom stereocenters. The number of nitrogens with two attached hydrogens (primary N) is 1. The van der Waals surface area contributed by atoms with E-state index in [1.807, 2.05) is 13.8 Å². The maximum absolute atomic E-state index is 13.9. The second-order valence-electron chi connectivity index (χ2n) is 4.98. The molecule has 2 rings (SSSR count). The summed E-state index contributed by atoms with van der Waals surface area (Å²) in [4.78, 5) is 3.68. The Labute approximate surface area is 127 Å². The molecule has 0 saturated carbocycles. The molecule has 0 unspecified atom stereocenters. The highest BCUT2D eigenvalue weighted by Crippen LogP contribution is 2.26. The molecule has 3 N–H and O–H groups in total. The monoisotopic (exact) mass is 329 g/mol. The van der Waals surface area contributed by atoms with Crippen LogP contribution in [0.2, 0.25) is 0 Å². The molecule has 0 saturated heterocycles. The molecule has 0 fully saturated rings. The molecule has 0 aliphatic carbocycles. The molecule has 5 nitrogen and oxygen atoms in total. The third-order valence-corrected chi connectivity index (χ3v) is 5.20. The fourth-order valence-corrected chi connectivity index (χ4v) is 3.86. The summed E-state index contributed by atoms with van der Waals surface area (Å²) < 4.78 is 40.6. The molecule has 8 heteroatoms. The van der Waals surface area contributed by atoms with Gasteiger partial charge in [0, 0.05) is 11.1 Å². The summed E-state index contributed by atoms with van der Waals surface area (Å²) in [6.07, 6.45) is 0. The number of rotatable bonds is 4. The molecule has 114 valence electrons. The van der Waals surface area contributed by atoms with Gasteiger partial charge in [0.15, 0.2) is 5.13 Å². The SMILES string of the molecule is Cc1cc(F)c(S(=O)(=O)Nc2nc(C(C)C)cs2)cc1N. The Kier molecular flexibility index (Phi) is 4.20. The van der Waals surface area contributed by atoms with Gasteiger partial charge >= 0.3 is 0 Å². The molecule has 0 aliphatic heterocycles. The minimum atomic E-state index is -4.05. The van der Waals surface area contributed by atoms with Crippen LogP contribution in [0.5, 0.6) is 0 Å². The fraction of sp³-hybridized carbons (Fsp3) is 0.308. The number of benzene rings is 1. The van der Waals surface area contributed by atoms with E-state index in [-0.39, 0.29) is 16.7 Å². The molecule has 0 aliphatic rings. The summed E-state index contributed by atoms with van der Waals surface area (Å²) in [5.41, 5.74) is 7.14. The molecule has 1 heterocycles. The number of nitrogens with one attached hydrogen (secondary N) is 1. The molecular weight excluding hydrogens is 313 g/mol. The lowest BCUT2D eigenvalue weighted by atomic mass is 10.2. The van der Waals surface area contributed by atoms with E-state index < -0.39 is 20.7 Å². The van der Waals surface area contributed by atoms with Crippen LogP contribution >= 0.6 is 11.3 Å². The van der Waals surface area contributed by atoms with Crippen LogP contribution in [-0.2, 0) is 10.0 Å². The highest BCUT2D eigenvalue weighted by atomic mass is 32.2. The summed E-state index contributed by atoms with van der Waals surface area (Å²) in [6, 6.07) is 2.22. The Hall–Kier alpha value is -1.67. The summed E-state index contributed by atoms with van der Waals surface area (Å²) in [6.45, 7) is 5.51. The maximum atomic E-state index is 13.9. The van der Waals surface area contributed by atoms with Crippen molar-refractivity contribution in [1.82, 2.24) is 4.98 Å². The normalized spacial score (nSPS) is 11.9. The van der Waals surface area contributed by atoms with Gasteiger partial charge in [-0.15, -0.1) is 11.3 Å². The van der Waals surface area contributed by atoms with Gasteiger partial charge in [-0.05, 0) is 30.5 Å². The first-order valence-corrected chi connectivity index (χ1v) is 8.61. The van der Waals surface area contributed by atoms with Crippen LogP contribution in [0.1, 0.15) is 31.0 Å². The van der Waals surface area contributed by atoms with Crippen molar-refractivity contribution in [3.05, 3.63) is 34.6 Å². The number of aromatic nitrogens is 1. The van der Waals surface area contributed by atoms with Crippen molar-refractivity contribution in [3.63, 3.8) is 0 Å². The van der Waals surface area contributed by atoms with E-state index in [1.165, 1.54) is 0 Å². The van der Waals surface area contributed by atoms with Crippen molar-refractivity contribution in [2.75, 3.05) is 10.5 Å². The number of nitrogen functional groups attached to an aromatic ring is 1. The van der Waals surface area contributed by atoms with Gasteiger partial charge in [-0.2, -0.15) is 0 Å². The number of nitrogens with zero attached hydrogens (tertiary/aromatic N) is 1. The minimum Gasteiger partial charge on any atom is -0.398 e. The summed E-state index contributed by atoms with van der Waals surface area (Å²) in [7, 11) is -4.05. The number of hydrogen-bond donors (Lipinski definition) is 2. The van der Waals surface area contributed by atoms with Gasteiger partial charge in [-0.25, -0.2) is 17.8 Å². The topological polar surface area (TPSA) is 85.1 Å². The van der Waals surface area contributed by atoms with E-state index in [0.717, 1.165) is 29.2 Å². The lowest BCUT2D eigenvalue weighted by Gasteiger charge is -2.09. The molecule has 0 radical (unpaired) electrons. The van der Waals surface area contributed by atoms with Crippen LogP contribution in [0, 0.1) is 12.7 Å². The number of anilines is 2. The van der Waals surface area contributed by atoms with Crippen molar-refractivity contribution >= 4 is 32.2 Å². The van der Waals surface area contributed by atoms with Crippen molar-refractivity contribution in [2.24, 2.45) is 0 Å². The number of sulfonamides is 1. The molecule has 1 aromatic carbocycles. The first-order valence-electron chi connectivity index (χ1n) is 6.24. The number of hydrogen-bond acceptors (Lipinski definition) is 5. The van der Waals surface area contributed by atoms with Crippen LogP contribution in [0.3, 0.4) is 0 Å². The highest BCUT2D eigenvalue weighted by molar-refractivity contribution is 7.93. The van der Waals surface area contributed by atoms with Crippen LogP contribution in [0.15, 0.2) is 22.4 Å². The third-order valence-electron chi connectivity index (χ3n) is 2.95. The standard InChI is InChI=1S/C13H16FN3O2S2/c1-7(2)11-6-20-13(16-11)17-21(18,19)12-5-10(15)8(3)4-9(12)14/h4-7H,15H2,1-3H3,(H,16,17). The Bertz CT molecular complexity index is 770. The van der Waals surface area contributed by atoms with Gasteiger partial charge in [0.05, 0.1) is 5.69 Å². The maximum Gasteiger partial charge on any atom is 0.266 e. The molecule has 0 spiro atoms. The van der Waals surface area contributed by atoms with Crippen molar-refractivity contribution < 1.29 is 12.8 Å². The molecular formula is C13H16FN3O2S2. The zero-order valence-corrected chi connectivity index (χ0v) is 13.5. The largest absolute Gasteiger partial charge is 0.398 e. The van der Waals surface area contributed by atoms with Gasteiger partial charge in [0.2, 0.25) is 0 Å². The lowest BCUT2D eigenvalue weighted by molar-refractivity contribution is 0.570. The number of halogens is 1. The van der Waals surface area contributed by atoms with Crippen LogP contribution < -0.4 is 10.5 Å². The van der Waals surface area contributed by atoms with E-state index in [2.05, 4.69) is 9.71 Å². The quantitative estimate of drug-likeness (QED) is 0.844. The van der Waals surface area contributed by atoms with Gasteiger partial charge in [-0.3, -0.25) is 4.72 Å². The zero-order valence-electron chi connectivity index (χ0n) is 11.8. The molecule has 21 heavy (non-hydrogen) atoms. The van der Waals surface area contributed by atoms with E-state index in [0.29, 0.717) is 5.56 Å². The highest BCUT2D eigenvalue weighted by Gasteiger charge is 2.22. The molecule has 0 amide bonds. The van der Waals surface area contributed by atoms with Gasteiger partial charge in [0.25, 0.3) is 10.0 Å². The summed E-state index contributed by atoms with van der Waals surface area (Å²) in [5.74, 6) is -0.652. The Morgan fingerprint density at radius 3 is 2.62 bits per heavy atom.